The number of carboxylic acid groups (broad SMARTS) is 1. The highest BCUT2D eigenvalue weighted by atomic mass is 79.9. The Hall–Kier alpha value is -2.16. The fourth-order valence-corrected chi connectivity index (χ4v) is 5.65. The van der Waals surface area contributed by atoms with Crippen molar-refractivity contribution >= 4 is 55.3 Å². The number of nitrogens with one attached hydrogen (secondary N) is 1. The third-order valence-corrected chi connectivity index (χ3v) is 8.12. The highest BCUT2D eigenvalue weighted by Crippen LogP contribution is 2.44. The number of thiophene rings is 1. The second-order valence-corrected chi connectivity index (χ2v) is 9.77. The smallest absolute Gasteiger partial charge is 0.408 e. The molecule has 5 nitrogen and oxygen atoms in total. The minimum atomic E-state index is -1.18. The van der Waals surface area contributed by atoms with Crippen molar-refractivity contribution in [3.8, 4) is 11.1 Å². The van der Waals surface area contributed by atoms with Crippen molar-refractivity contribution in [3.63, 3.8) is 0 Å². The standard InChI is InChI=1S/C21H15Br2NO4S/c22-16-9-17(29-19(16)23)18(20(25)26)24-21(27)28-10-15-13-7-3-1-5-11(13)12-6-2-4-8-14(12)15/h1-9,15,18H,10H2,(H,24,27)(H,25,26). The Morgan fingerprint density at radius 2 is 1.66 bits per heavy atom. The molecule has 148 valence electrons. The first-order chi connectivity index (χ1) is 14.0. The van der Waals surface area contributed by atoms with Gasteiger partial charge >= 0.3 is 12.1 Å². The van der Waals surface area contributed by atoms with Gasteiger partial charge in [-0.1, -0.05) is 48.5 Å². The number of benzene rings is 2. The minimum absolute atomic E-state index is 0.0820. The van der Waals surface area contributed by atoms with E-state index in [1.54, 1.807) is 6.07 Å². The van der Waals surface area contributed by atoms with Gasteiger partial charge in [0, 0.05) is 15.3 Å². The van der Waals surface area contributed by atoms with Crippen molar-refractivity contribution in [3.05, 3.63) is 78.9 Å². The van der Waals surface area contributed by atoms with E-state index >= 15 is 0 Å². The molecule has 0 saturated carbocycles. The van der Waals surface area contributed by atoms with Gasteiger partial charge in [0.05, 0.1) is 3.79 Å². The van der Waals surface area contributed by atoms with E-state index < -0.39 is 18.1 Å². The second-order valence-electron chi connectivity index (χ2n) is 6.51. The Morgan fingerprint density at radius 1 is 1.07 bits per heavy atom. The molecule has 1 aliphatic rings. The molecule has 1 unspecified atom stereocenters. The van der Waals surface area contributed by atoms with Crippen LogP contribution in [0.1, 0.15) is 28.0 Å². The van der Waals surface area contributed by atoms with Crippen molar-refractivity contribution in [2.45, 2.75) is 12.0 Å². The van der Waals surface area contributed by atoms with Crippen molar-refractivity contribution < 1.29 is 19.4 Å². The topological polar surface area (TPSA) is 75.6 Å². The molecule has 0 radical (unpaired) electrons. The summed E-state index contributed by atoms with van der Waals surface area (Å²) in [5.41, 5.74) is 4.47. The zero-order chi connectivity index (χ0) is 20.5. The third kappa shape index (κ3) is 3.97. The molecule has 0 saturated heterocycles. The number of hydrogen-bond donors (Lipinski definition) is 2. The van der Waals surface area contributed by atoms with Crippen LogP contribution in [0.4, 0.5) is 4.79 Å². The zero-order valence-corrected chi connectivity index (χ0v) is 18.9. The van der Waals surface area contributed by atoms with Gasteiger partial charge in [0.2, 0.25) is 0 Å². The van der Waals surface area contributed by atoms with Crippen LogP contribution in [-0.2, 0) is 9.53 Å². The Balaban J connectivity index is 1.49. The summed E-state index contributed by atoms with van der Waals surface area (Å²) in [5.74, 6) is -1.23. The molecule has 4 rings (SSSR count). The molecular weight excluding hydrogens is 522 g/mol. The molecule has 8 heteroatoms. The maximum absolute atomic E-state index is 12.4. The molecule has 29 heavy (non-hydrogen) atoms. The van der Waals surface area contributed by atoms with E-state index in [1.807, 2.05) is 36.4 Å². The minimum Gasteiger partial charge on any atom is -0.479 e. The molecule has 1 atom stereocenters. The molecule has 2 aromatic carbocycles. The molecule has 0 aliphatic heterocycles. The molecular formula is C21H15Br2NO4S. The Labute approximate surface area is 188 Å². The first-order valence-electron chi connectivity index (χ1n) is 8.74. The zero-order valence-electron chi connectivity index (χ0n) is 14.9. The average Bonchev–Trinajstić information content (AvgIpc) is 3.21. The van der Waals surface area contributed by atoms with Crippen LogP contribution < -0.4 is 5.32 Å². The molecule has 0 spiro atoms. The summed E-state index contributed by atoms with van der Waals surface area (Å²) in [6.45, 7) is 0.129. The number of carbonyl (C=O) groups is 2. The third-order valence-electron chi connectivity index (χ3n) is 4.80. The molecule has 0 fully saturated rings. The summed E-state index contributed by atoms with van der Waals surface area (Å²) in [5, 5.41) is 12.0. The van der Waals surface area contributed by atoms with Crippen LogP contribution >= 0.6 is 43.2 Å². The lowest BCUT2D eigenvalue weighted by Crippen LogP contribution is -2.34. The normalized spacial score (nSPS) is 13.4. The molecule has 1 aliphatic carbocycles. The number of carbonyl (C=O) groups excluding carboxylic acids is 1. The number of aliphatic carboxylic acids is 1. The van der Waals surface area contributed by atoms with Crippen LogP contribution in [0.5, 0.6) is 0 Å². The van der Waals surface area contributed by atoms with Gasteiger partial charge in [-0.2, -0.15) is 0 Å². The van der Waals surface area contributed by atoms with Crippen molar-refractivity contribution in [2.24, 2.45) is 0 Å². The van der Waals surface area contributed by atoms with Gasteiger partial charge in [-0.15, -0.1) is 11.3 Å². The molecule has 1 amide bonds. The second kappa shape index (κ2) is 8.30. The number of ether oxygens (including phenoxy) is 1. The SMILES string of the molecule is O=C(NC(C(=O)O)c1cc(Br)c(Br)s1)OCC1c2ccccc2-c2ccccc21. The summed E-state index contributed by atoms with van der Waals surface area (Å²) in [4.78, 5) is 24.5. The van der Waals surface area contributed by atoms with Gasteiger partial charge in [-0.3, -0.25) is 0 Å². The monoisotopic (exact) mass is 535 g/mol. The summed E-state index contributed by atoms with van der Waals surface area (Å²) < 4.78 is 6.94. The predicted molar refractivity (Wildman–Crippen MR) is 118 cm³/mol. The quantitative estimate of drug-likeness (QED) is 0.423. The lowest BCUT2D eigenvalue weighted by atomic mass is 9.98. The lowest BCUT2D eigenvalue weighted by molar-refractivity contribution is -0.139. The van der Waals surface area contributed by atoms with Crippen molar-refractivity contribution in [1.82, 2.24) is 5.32 Å². The molecule has 1 aromatic heterocycles. The Bertz CT molecular complexity index is 1030. The first-order valence-corrected chi connectivity index (χ1v) is 11.1. The highest BCUT2D eigenvalue weighted by molar-refractivity contribution is 9.13. The van der Waals surface area contributed by atoms with E-state index in [0.717, 1.165) is 30.5 Å². The van der Waals surface area contributed by atoms with E-state index in [-0.39, 0.29) is 12.5 Å². The first kappa shape index (κ1) is 20.1. The van der Waals surface area contributed by atoms with E-state index in [9.17, 15) is 14.7 Å². The fourth-order valence-electron chi connectivity index (χ4n) is 3.52. The maximum atomic E-state index is 12.4. The summed E-state index contributed by atoms with van der Waals surface area (Å²) in [7, 11) is 0. The summed E-state index contributed by atoms with van der Waals surface area (Å²) in [6.07, 6.45) is -0.764. The van der Waals surface area contributed by atoms with Crippen LogP contribution in [0.2, 0.25) is 0 Å². The van der Waals surface area contributed by atoms with Crippen molar-refractivity contribution in [2.75, 3.05) is 6.61 Å². The molecule has 2 N–H and O–H groups in total. The number of halogens is 2. The van der Waals surface area contributed by atoms with E-state index in [4.69, 9.17) is 4.74 Å². The van der Waals surface area contributed by atoms with Gasteiger partial charge in [0.1, 0.15) is 6.61 Å². The average molecular weight is 537 g/mol. The van der Waals surface area contributed by atoms with Crippen molar-refractivity contribution in [1.29, 1.82) is 0 Å². The van der Waals surface area contributed by atoms with Gasteiger partial charge in [-0.05, 0) is 60.2 Å². The van der Waals surface area contributed by atoms with Gasteiger partial charge < -0.3 is 15.2 Å². The molecule has 1 heterocycles. The predicted octanol–water partition coefficient (Wildman–Crippen LogP) is 5.94. The van der Waals surface area contributed by atoms with Crippen LogP contribution in [0.15, 0.2) is 62.9 Å². The van der Waals surface area contributed by atoms with Gasteiger partial charge in [0.25, 0.3) is 0 Å². The number of carboxylic acids is 1. The summed E-state index contributed by atoms with van der Waals surface area (Å²) in [6, 6.07) is 16.6. The van der Waals surface area contributed by atoms with Gasteiger partial charge in [-0.25, -0.2) is 9.59 Å². The number of rotatable bonds is 5. The summed E-state index contributed by atoms with van der Waals surface area (Å²) >= 11 is 7.91. The van der Waals surface area contributed by atoms with Crippen LogP contribution in [0.3, 0.4) is 0 Å². The fraction of sp³-hybridized carbons (Fsp3) is 0.143. The number of fused-ring (bicyclic) bond motifs is 3. The van der Waals surface area contributed by atoms with E-state index in [0.29, 0.717) is 4.88 Å². The lowest BCUT2D eigenvalue weighted by Gasteiger charge is -2.17. The number of amides is 1. The highest BCUT2D eigenvalue weighted by Gasteiger charge is 2.30. The number of alkyl carbamates (subject to hydrolysis) is 1. The van der Waals surface area contributed by atoms with Crippen LogP contribution in [0.25, 0.3) is 11.1 Å². The van der Waals surface area contributed by atoms with Crippen LogP contribution in [-0.4, -0.2) is 23.8 Å². The van der Waals surface area contributed by atoms with E-state index in [2.05, 4.69) is 49.3 Å². The van der Waals surface area contributed by atoms with E-state index in [1.165, 1.54) is 11.3 Å². The molecule has 3 aromatic rings. The Kier molecular flexibility index (Phi) is 5.76. The van der Waals surface area contributed by atoms with Crippen LogP contribution in [0, 0.1) is 0 Å². The molecule has 0 bridgehead atoms. The number of hydrogen-bond acceptors (Lipinski definition) is 4. The largest absolute Gasteiger partial charge is 0.479 e. The Morgan fingerprint density at radius 3 is 2.17 bits per heavy atom. The maximum Gasteiger partial charge on any atom is 0.408 e. The van der Waals surface area contributed by atoms with Gasteiger partial charge in [0.15, 0.2) is 6.04 Å².